The standard InChI is InChI=1S/C20H19ClN4O2/c1-12-5-4-6-14(7-12)24-19-10-17(22-11-23-19)20(26)25-16-8-13(2)15(21)9-18(16)27-3/h4-11H,1-3H3,(H,25,26)(H,22,23,24). The number of aromatic nitrogens is 2. The number of hydrogen-bond donors (Lipinski definition) is 2. The molecule has 3 rings (SSSR count). The van der Waals surface area contributed by atoms with Crippen LogP contribution >= 0.6 is 11.6 Å². The van der Waals surface area contributed by atoms with Crippen LogP contribution in [0.1, 0.15) is 21.6 Å². The third-order valence-corrected chi connectivity index (χ3v) is 4.33. The summed E-state index contributed by atoms with van der Waals surface area (Å²) in [5.41, 5.74) is 3.59. The molecule has 6 nitrogen and oxygen atoms in total. The van der Waals surface area contributed by atoms with Crippen molar-refractivity contribution in [2.75, 3.05) is 17.7 Å². The maximum Gasteiger partial charge on any atom is 0.274 e. The molecule has 27 heavy (non-hydrogen) atoms. The molecule has 138 valence electrons. The summed E-state index contributed by atoms with van der Waals surface area (Å²) in [6.45, 7) is 3.86. The van der Waals surface area contributed by atoms with Crippen LogP contribution in [0.5, 0.6) is 5.75 Å². The Morgan fingerprint density at radius 2 is 1.93 bits per heavy atom. The fraction of sp³-hybridized carbons (Fsp3) is 0.150. The fourth-order valence-electron chi connectivity index (χ4n) is 2.54. The largest absolute Gasteiger partial charge is 0.495 e. The normalized spacial score (nSPS) is 10.4. The van der Waals surface area contributed by atoms with E-state index in [2.05, 4.69) is 20.6 Å². The molecule has 0 aliphatic carbocycles. The predicted molar refractivity (Wildman–Crippen MR) is 107 cm³/mol. The molecule has 0 fully saturated rings. The Balaban J connectivity index is 1.81. The van der Waals surface area contributed by atoms with Gasteiger partial charge in [0.2, 0.25) is 0 Å². The quantitative estimate of drug-likeness (QED) is 0.665. The Hall–Kier alpha value is -3.12. The van der Waals surface area contributed by atoms with Gasteiger partial charge in [-0.2, -0.15) is 0 Å². The topological polar surface area (TPSA) is 76.1 Å². The van der Waals surface area contributed by atoms with Crippen molar-refractivity contribution in [2.45, 2.75) is 13.8 Å². The van der Waals surface area contributed by atoms with Crippen LogP contribution < -0.4 is 15.4 Å². The number of amides is 1. The highest BCUT2D eigenvalue weighted by Crippen LogP contribution is 2.31. The van der Waals surface area contributed by atoms with Crippen LogP contribution in [0.3, 0.4) is 0 Å². The molecule has 0 aliphatic heterocycles. The molecule has 0 radical (unpaired) electrons. The van der Waals surface area contributed by atoms with E-state index in [-0.39, 0.29) is 11.6 Å². The van der Waals surface area contributed by atoms with Gasteiger partial charge >= 0.3 is 0 Å². The van der Waals surface area contributed by atoms with Gasteiger partial charge in [0.05, 0.1) is 12.8 Å². The Morgan fingerprint density at radius 3 is 2.67 bits per heavy atom. The molecule has 2 aromatic carbocycles. The summed E-state index contributed by atoms with van der Waals surface area (Å²) in [4.78, 5) is 20.8. The average Bonchev–Trinajstić information content (AvgIpc) is 2.64. The molecule has 0 spiro atoms. The predicted octanol–water partition coefficient (Wildman–Crippen LogP) is 4.75. The van der Waals surface area contributed by atoms with Crippen molar-refractivity contribution >= 4 is 34.7 Å². The van der Waals surface area contributed by atoms with Gasteiger partial charge < -0.3 is 15.4 Å². The number of aryl methyl sites for hydroxylation is 2. The summed E-state index contributed by atoms with van der Waals surface area (Å²) in [5.74, 6) is 0.635. The monoisotopic (exact) mass is 382 g/mol. The van der Waals surface area contributed by atoms with Gasteiger partial charge in [-0.25, -0.2) is 9.97 Å². The highest BCUT2D eigenvalue weighted by molar-refractivity contribution is 6.31. The molecule has 0 aliphatic rings. The van der Waals surface area contributed by atoms with E-state index in [4.69, 9.17) is 16.3 Å². The first-order valence-corrected chi connectivity index (χ1v) is 8.65. The number of methoxy groups -OCH3 is 1. The van der Waals surface area contributed by atoms with Gasteiger partial charge in [0.1, 0.15) is 23.6 Å². The van der Waals surface area contributed by atoms with Gasteiger partial charge in [-0.1, -0.05) is 23.7 Å². The van der Waals surface area contributed by atoms with E-state index in [0.717, 1.165) is 16.8 Å². The number of carbonyl (C=O) groups excluding carboxylic acids is 1. The summed E-state index contributed by atoms with van der Waals surface area (Å²) >= 11 is 6.11. The van der Waals surface area contributed by atoms with Gasteiger partial charge in [-0.05, 0) is 43.2 Å². The second-order valence-electron chi connectivity index (χ2n) is 6.04. The SMILES string of the molecule is COc1cc(Cl)c(C)cc1NC(=O)c1cc(Nc2cccc(C)c2)ncn1. The lowest BCUT2D eigenvalue weighted by molar-refractivity contribution is 0.102. The summed E-state index contributed by atoms with van der Waals surface area (Å²) in [7, 11) is 1.52. The Bertz CT molecular complexity index is 991. The zero-order valence-corrected chi connectivity index (χ0v) is 16.0. The van der Waals surface area contributed by atoms with Crippen LogP contribution in [0.25, 0.3) is 0 Å². The van der Waals surface area contributed by atoms with E-state index < -0.39 is 0 Å². The summed E-state index contributed by atoms with van der Waals surface area (Å²) in [6, 6.07) is 12.9. The molecule has 1 amide bonds. The Kier molecular flexibility index (Phi) is 5.57. The minimum absolute atomic E-state index is 0.231. The van der Waals surface area contributed by atoms with Gasteiger partial charge in [-0.3, -0.25) is 4.79 Å². The Labute approximate surface area is 162 Å². The number of benzene rings is 2. The van der Waals surface area contributed by atoms with E-state index in [9.17, 15) is 4.79 Å². The second-order valence-corrected chi connectivity index (χ2v) is 6.45. The number of carbonyl (C=O) groups is 1. The summed E-state index contributed by atoms with van der Waals surface area (Å²) < 4.78 is 5.29. The minimum Gasteiger partial charge on any atom is -0.495 e. The van der Waals surface area contributed by atoms with E-state index in [1.165, 1.54) is 13.4 Å². The third kappa shape index (κ3) is 4.54. The van der Waals surface area contributed by atoms with E-state index in [0.29, 0.717) is 22.3 Å². The van der Waals surface area contributed by atoms with Crippen molar-refractivity contribution in [2.24, 2.45) is 0 Å². The lowest BCUT2D eigenvalue weighted by atomic mass is 10.2. The maximum atomic E-state index is 12.6. The number of nitrogens with one attached hydrogen (secondary N) is 2. The molecule has 0 saturated carbocycles. The van der Waals surface area contributed by atoms with Crippen molar-refractivity contribution in [3.63, 3.8) is 0 Å². The molecular weight excluding hydrogens is 364 g/mol. The number of nitrogens with zero attached hydrogens (tertiary/aromatic N) is 2. The number of rotatable bonds is 5. The van der Waals surface area contributed by atoms with Gasteiger partial charge in [0.25, 0.3) is 5.91 Å². The summed E-state index contributed by atoms with van der Waals surface area (Å²) in [6.07, 6.45) is 1.34. The first-order valence-electron chi connectivity index (χ1n) is 8.27. The number of anilines is 3. The summed E-state index contributed by atoms with van der Waals surface area (Å²) in [5, 5.41) is 6.54. The molecule has 1 aromatic heterocycles. The molecular formula is C20H19ClN4O2. The van der Waals surface area contributed by atoms with E-state index in [1.807, 2.05) is 38.1 Å². The van der Waals surface area contributed by atoms with Crippen molar-refractivity contribution < 1.29 is 9.53 Å². The molecule has 0 bridgehead atoms. The molecule has 0 unspecified atom stereocenters. The van der Waals surface area contributed by atoms with Gasteiger partial charge in [0, 0.05) is 22.8 Å². The first kappa shape index (κ1) is 18.7. The van der Waals surface area contributed by atoms with Crippen LogP contribution in [0.4, 0.5) is 17.2 Å². The van der Waals surface area contributed by atoms with E-state index in [1.54, 1.807) is 18.2 Å². The molecule has 2 N–H and O–H groups in total. The van der Waals surface area contributed by atoms with Crippen LogP contribution in [0.15, 0.2) is 48.8 Å². The van der Waals surface area contributed by atoms with Crippen molar-refractivity contribution in [1.82, 2.24) is 9.97 Å². The third-order valence-electron chi connectivity index (χ3n) is 3.92. The smallest absolute Gasteiger partial charge is 0.274 e. The second kappa shape index (κ2) is 8.05. The van der Waals surface area contributed by atoms with Crippen LogP contribution in [0.2, 0.25) is 5.02 Å². The molecule has 1 heterocycles. The van der Waals surface area contributed by atoms with Crippen LogP contribution in [-0.4, -0.2) is 23.0 Å². The maximum absolute atomic E-state index is 12.6. The number of ether oxygens (including phenoxy) is 1. The van der Waals surface area contributed by atoms with Gasteiger partial charge in [-0.15, -0.1) is 0 Å². The highest BCUT2D eigenvalue weighted by atomic mass is 35.5. The number of halogens is 1. The van der Waals surface area contributed by atoms with E-state index >= 15 is 0 Å². The zero-order chi connectivity index (χ0) is 19.4. The lowest BCUT2D eigenvalue weighted by Crippen LogP contribution is -2.15. The zero-order valence-electron chi connectivity index (χ0n) is 15.2. The fourth-order valence-corrected chi connectivity index (χ4v) is 2.69. The Morgan fingerprint density at radius 1 is 1.11 bits per heavy atom. The van der Waals surface area contributed by atoms with Crippen LogP contribution in [-0.2, 0) is 0 Å². The van der Waals surface area contributed by atoms with Crippen molar-refractivity contribution in [3.8, 4) is 5.75 Å². The van der Waals surface area contributed by atoms with Gasteiger partial charge in [0.15, 0.2) is 0 Å². The van der Waals surface area contributed by atoms with Crippen LogP contribution in [0, 0.1) is 13.8 Å². The lowest BCUT2D eigenvalue weighted by Gasteiger charge is -2.12. The highest BCUT2D eigenvalue weighted by Gasteiger charge is 2.14. The first-order chi connectivity index (χ1) is 13.0. The molecule has 3 aromatic rings. The number of hydrogen-bond acceptors (Lipinski definition) is 5. The average molecular weight is 383 g/mol. The van der Waals surface area contributed by atoms with Crippen molar-refractivity contribution in [1.29, 1.82) is 0 Å². The molecule has 0 atom stereocenters. The molecule has 7 heteroatoms. The molecule has 0 saturated heterocycles. The minimum atomic E-state index is -0.371. The van der Waals surface area contributed by atoms with Crippen molar-refractivity contribution in [3.05, 3.63) is 70.6 Å².